The van der Waals surface area contributed by atoms with E-state index in [-0.39, 0.29) is 5.82 Å². The summed E-state index contributed by atoms with van der Waals surface area (Å²) in [5.74, 6) is 0.888. The number of hydrogen-bond donors (Lipinski definition) is 1. The second-order valence-corrected chi connectivity index (χ2v) is 7.29. The second-order valence-electron chi connectivity index (χ2n) is 6.15. The average molecular weight is 308 g/mol. The molecule has 3 rings (SSSR count). The molecule has 1 saturated heterocycles. The van der Waals surface area contributed by atoms with Gasteiger partial charge >= 0.3 is 0 Å². The molecule has 0 amide bonds. The molecule has 2 fully saturated rings. The predicted molar refractivity (Wildman–Crippen MR) is 87.4 cm³/mol. The highest BCUT2D eigenvalue weighted by molar-refractivity contribution is 7.99. The van der Waals surface area contributed by atoms with Crippen LogP contribution in [-0.2, 0) is 0 Å². The number of rotatable bonds is 7. The van der Waals surface area contributed by atoms with Crippen molar-refractivity contribution >= 4 is 11.8 Å². The van der Waals surface area contributed by atoms with Crippen molar-refractivity contribution < 1.29 is 4.39 Å². The first-order chi connectivity index (χ1) is 10.3. The zero-order chi connectivity index (χ0) is 14.5. The largest absolute Gasteiger partial charge is 0.313 e. The topological polar surface area (TPSA) is 15.3 Å². The summed E-state index contributed by atoms with van der Waals surface area (Å²) in [6.45, 7) is 3.41. The SMILES string of the molecule is Fc1ccccc1SCCN(CC1CCCCN1)C1CC1. The molecular formula is C17H25FN2S. The van der Waals surface area contributed by atoms with Gasteiger partial charge in [0.25, 0.3) is 0 Å². The van der Waals surface area contributed by atoms with Gasteiger partial charge in [0.05, 0.1) is 0 Å². The number of hydrogen-bond acceptors (Lipinski definition) is 3. The predicted octanol–water partition coefficient (Wildman–Crippen LogP) is 3.52. The average Bonchev–Trinajstić information content (AvgIpc) is 3.34. The number of piperidine rings is 1. The quantitative estimate of drug-likeness (QED) is 0.776. The monoisotopic (exact) mass is 308 g/mol. The van der Waals surface area contributed by atoms with Crippen molar-refractivity contribution in [2.24, 2.45) is 0 Å². The summed E-state index contributed by atoms with van der Waals surface area (Å²) in [6.07, 6.45) is 6.68. The number of nitrogens with zero attached hydrogens (tertiary/aromatic N) is 1. The van der Waals surface area contributed by atoms with Gasteiger partial charge in [0.2, 0.25) is 0 Å². The van der Waals surface area contributed by atoms with Gasteiger partial charge in [0.1, 0.15) is 5.82 Å². The molecule has 1 unspecified atom stereocenters. The highest BCUT2D eigenvalue weighted by Gasteiger charge is 2.30. The van der Waals surface area contributed by atoms with Gasteiger partial charge in [-0.15, -0.1) is 11.8 Å². The first kappa shape index (κ1) is 15.3. The number of benzene rings is 1. The lowest BCUT2D eigenvalue weighted by Gasteiger charge is -2.30. The van der Waals surface area contributed by atoms with Crippen LogP contribution in [0, 0.1) is 5.82 Å². The molecule has 0 aromatic heterocycles. The fourth-order valence-corrected chi connectivity index (χ4v) is 3.99. The standard InChI is InChI=1S/C17H25FN2S/c18-16-6-1-2-7-17(16)21-12-11-20(15-8-9-15)13-14-5-3-4-10-19-14/h1-2,6-7,14-15,19H,3-5,8-13H2. The van der Waals surface area contributed by atoms with Crippen molar-refractivity contribution in [3.8, 4) is 0 Å². The maximum atomic E-state index is 13.6. The van der Waals surface area contributed by atoms with Crippen LogP contribution in [0.5, 0.6) is 0 Å². The second kappa shape index (κ2) is 7.61. The van der Waals surface area contributed by atoms with Gasteiger partial charge in [-0.25, -0.2) is 4.39 Å². The van der Waals surface area contributed by atoms with Gasteiger partial charge in [0.15, 0.2) is 0 Å². The fourth-order valence-electron chi connectivity index (χ4n) is 3.06. The van der Waals surface area contributed by atoms with Crippen LogP contribution in [0.25, 0.3) is 0 Å². The fraction of sp³-hybridized carbons (Fsp3) is 0.647. The molecule has 1 aromatic carbocycles. The Kier molecular flexibility index (Phi) is 5.55. The Labute approximate surface area is 131 Å². The lowest BCUT2D eigenvalue weighted by Crippen LogP contribution is -2.45. The first-order valence-electron chi connectivity index (χ1n) is 8.18. The van der Waals surface area contributed by atoms with E-state index in [0.29, 0.717) is 6.04 Å². The number of halogens is 1. The van der Waals surface area contributed by atoms with Crippen LogP contribution in [-0.4, -0.2) is 42.4 Å². The van der Waals surface area contributed by atoms with Gasteiger partial charge in [-0.05, 0) is 44.4 Å². The van der Waals surface area contributed by atoms with Crippen LogP contribution in [0.4, 0.5) is 4.39 Å². The third-order valence-corrected chi connectivity index (χ3v) is 5.43. The maximum Gasteiger partial charge on any atom is 0.136 e. The van der Waals surface area contributed by atoms with Gasteiger partial charge < -0.3 is 5.32 Å². The summed E-state index contributed by atoms with van der Waals surface area (Å²) >= 11 is 1.65. The van der Waals surface area contributed by atoms with Crippen molar-refractivity contribution in [1.29, 1.82) is 0 Å². The van der Waals surface area contributed by atoms with E-state index in [0.717, 1.165) is 23.2 Å². The molecule has 0 radical (unpaired) electrons. The summed E-state index contributed by atoms with van der Waals surface area (Å²) in [4.78, 5) is 3.40. The third-order valence-electron chi connectivity index (χ3n) is 4.40. The number of nitrogens with one attached hydrogen (secondary N) is 1. The zero-order valence-electron chi connectivity index (χ0n) is 12.6. The zero-order valence-corrected chi connectivity index (χ0v) is 13.4. The van der Waals surface area contributed by atoms with E-state index in [1.165, 1.54) is 45.2 Å². The van der Waals surface area contributed by atoms with Crippen LogP contribution >= 0.6 is 11.8 Å². The smallest absolute Gasteiger partial charge is 0.136 e. The Hall–Kier alpha value is -0.580. The Morgan fingerprint density at radius 1 is 1.19 bits per heavy atom. The maximum absolute atomic E-state index is 13.6. The molecule has 21 heavy (non-hydrogen) atoms. The minimum absolute atomic E-state index is 0.0885. The van der Waals surface area contributed by atoms with Crippen molar-refractivity contribution in [3.05, 3.63) is 30.1 Å². The molecule has 1 atom stereocenters. The molecule has 1 N–H and O–H groups in total. The van der Waals surface area contributed by atoms with Gasteiger partial charge in [-0.2, -0.15) is 0 Å². The molecule has 1 saturated carbocycles. The molecular weight excluding hydrogens is 283 g/mol. The molecule has 2 aliphatic rings. The van der Waals surface area contributed by atoms with Gasteiger partial charge in [0, 0.05) is 35.8 Å². The van der Waals surface area contributed by atoms with Gasteiger partial charge in [-0.1, -0.05) is 18.6 Å². The molecule has 4 heteroatoms. The van der Waals surface area contributed by atoms with Crippen molar-refractivity contribution in [2.45, 2.75) is 49.1 Å². The van der Waals surface area contributed by atoms with Crippen LogP contribution in [0.1, 0.15) is 32.1 Å². The van der Waals surface area contributed by atoms with E-state index >= 15 is 0 Å². The summed E-state index contributed by atoms with van der Waals surface area (Å²) in [5, 5.41) is 3.64. The first-order valence-corrected chi connectivity index (χ1v) is 9.16. The Morgan fingerprint density at radius 3 is 2.76 bits per heavy atom. The minimum Gasteiger partial charge on any atom is -0.313 e. The molecule has 1 aliphatic heterocycles. The molecule has 1 heterocycles. The summed E-state index contributed by atoms with van der Waals surface area (Å²) in [7, 11) is 0. The highest BCUT2D eigenvalue weighted by Crippen LogP contribution is 2.29. The molecule has 1 aliphatic carbocycles. The van der Waals surface area contributed by atoms with E-state index in [9.17, 15) is 4.39 Å². The Balaban J connectivity index is 1.45. The van der Waals surface area contributed by atoms with E-state index in [1.54, 1.807) is 23.9 Å². The van der Waals surface area contributed by atoms with E-state index in [1.807, 2.05) is 12.1 Å². The van der Waals surface area contributed by atoms with E-state index in [4.69, 9.17) is 0 Å². The van der Waals surface area contributed by atoms with Crippen molar-refractivity contribution in [3.63, 3.8) is 0 Å². The van der Waals surface area contributed by atoms with Crippen molar-refractivity contribution in [2.75, 3.05) is 25.4 Å². The molecule has 1 aromatic rings. The highest BCUT2D eigenvalue weighted by atomic mass is 32.2. The van der Waals surface area contributed by atoms with Crippen molar-refractivity contribution in [1.82, 2.24) is 10.2 Å². The lowest BCUT2D eigenvalue weighted by atomic mass is 10.0. The molecule has 0 bridgehead atoms. The summed E-state index contributed by atoms with van der Waals surface area (Å²) < 4.78 is 13.6. The normalized spacial score (nSPS) is 22.7. The third kappa shape index (κ3) is 4.70. The van der Waals surface area contributed by atoms with Gasteiger partial charge in [-0.3, -0.25) is 4.90 Å². The summed E-state index contributed by atoms with van der Waals surface area (Å²) in [6, 6.07) is 8.55. The van der Waals surface area contributed by atoms with Crippen LogP contribution in [0.2, 0.25) is 0 Å². The van der Waals surface area contributed by atoms with Crippen LogP contribution < -0.4 is 5.32 Å². The minimum atomic E-state index is -0.0885. The Morgan fingerprint density at radius 2 is 2.05 bits per heavy atom. The van der Waals surface area contributed by atoms with Crippen LogP contribution in [0.3, 0.4) is 0 Å². The number of thioether (sulfide) groups is 1. The van der Waals surface area contributed by atoms with Crippen LogP contribution in [0.15, 0.2) is 29.2 Å². The lowest BCUT2D eigenvalue weighted by molar-refractivity contribution is 0.226. The molecule has 0 spiro atoms. The molecule has 116 valence electrons. The summed E-state index contributed by atoms with van der Waals surface area (Å²) in [5.41, 5.74) is 0. The van der Waals surface area contributed by atoms with E-state index in [2.05, 4.69) is 10.2 Å². The molecule has 2 nitrogen and oxygen atoms in total. The van der Waals surface area contributed by atoms with E-state index < -0.39 is 0 Å². The Bertz CT molecular complexity index is 444.